The number of alkyl halides is 2. The average Bonchev–Trinajstić information content (AvgIpc) is 2.56. The van der Waals surface area contributed by atoms with Gasteiger partial charge in [-0.2, -0.15) is 0 Å². The number of piperazine rings is 1. The molecule has 1 N–H and O–H groups in total. The third kappa shape index (κ3) is 4.56. The van der Waals surface area contributed by atoms with Gasteiger partial charge in [0.1, 0.15) is 5.75 Å². The first-order valence-corrected chi connectivity index (χ1v) is 8.17. The van der Waals surface area contributed by atoms with Crippen molar-refractivity contribution in [1.29, 1.82) is 0 Å². The van der Waals surface area contributed by atoms with Gasteiger partial charge in [0.05, 0.1) is 13.7 Å². The standard InChI is InChI=1S/C17H25F2N3O2/c1-4-13-10-22(8-7-21(13)11-16(18)19)17(23)20-15-9-14(24-3)6-5-12(15)2/h5-6,9,13,16H,4,7-8,10-11H2,1-3H3,(H,20,23)/t13-/m0/s1. The molecule has 0 radical (unpaired) electrons. The number of amides is 2. The van der Waals surface area contributed by atoms with Crippen LogP contribution in [0.3, 0.4) is 0 Å². The van der Waals surface area contributed by atoms with Crippen LogP contribution in [-0.4, -0.2) is 61.6 Å². The minimum absolute atomic E-state index is 0.0371. The Kier molecular flexibility index (Phi) is 6.36. The summed E-state index contributed by atoms with van der Waals surface area (Å²) < 4.78 is 30.5. The number of nitrogens with one attached hydrogen (secondary N) is 1. The zero-order valence-electron chi connectivity index (χ0n) is 14.4. The Morgan fingerprint density at radius 3 is 2.79 bits per heavy atom. The number of nitrogens with zero attached hydrogens (tertiary/aromatic N) is 2. The molecular weight excluding hydrogens is 316 g/mol. The largest absolute Gasteiger partial charge is 0.497 e. The summed E-state index contributed by atoms with van der Waals surface area (Å²) in [5, 5.41) is 2.90. The van der Waals surface area contributed by atoms with Gasteiger partial charge >= 0.3 is 6.03 Å². The van der Waals surface area contributed by atoms with Crippen molar-refractivity contribution in [3.8, 4) is 5.75 Å². The fraction of sp³-hybridized carbons (Fsp3) is 0.588. The molecule has 5 nitrogen and oxygen atoms in total. The molecule has 2 amide bonds. The number of carbonyl (C=O) groups is 1. The summed E-state index contributed by atoms with van der Waals surface area (Å²) in [7, 11) is 1.57. The van der Waals surface area contributed by atoms with E-state index in [0.29, 0.717) is 31.1 Å². The number of urea groups is 1. The Morgan fingerprint density at radius 2 is 2.17 bits per heavy atom. The van der Waals surface area contributed by atoms with Gasteiger partial charge in [0, 0.05) is 37.4 Å². The normalized spacial score (nSPS) is 18.8. The van der Waals surface area contributed by atoms with E-state index in [1.807, 2.05) is 26.0 Å². The van der Waals surface area contributed by atoms with Gasteiger partial charge in [-0.05, 0) is 25.0 Å². The van der Waals surface area contributed by atoms with Crippen molar-refractivity contribution in [3.63, 3.8) is 0 Å². The minimum Gasteiger partial charge on any atom is -0.497 e. The number of hydrogen-bond acceptors (Lipinski definition) is 3. The smallest absolute Gasteiger partial charge is 0.321 e. The fourth-order valence-corrected chi connectivity index (χ4v) is 2.94. The molecule has 134 valence electrons. The summed E-state index contributed by atoms with van der Waals surface area (Å²) >= 11 is 0. The molecule has 0 saturated carbocycles. The molecule has 0 spiro atoms. The van der Waals surface area contributed by atoms with Crippen molar-refractivity contribution in [1.82, 2.24) is 9.80 Å². The van der Waals surface area contributed by atoms with E-state index in [1.54, 1.807) is 23.0 Å². The molecule has 2 rings (SSSR count). The lowest BCUT2D eigenvalue weighted by molar-refractivity contribution is 0.0306. The van der Waals surface area contributed by atoms with Crippen molar-refractivity contribution in [2.75, 3.05) is 38.6 Å². The van der Waals surface area contributed by atoms with E-state index in [-0.39, 0.29) is 18.6 Å². The monoisotopic (exact) mass is 341 g/mol. The lowest BCUT2D eigenvalue weighted by Crippen LogP contribution is -2.56. The molecule has 1 heterocycles. The Balaban J connectivity index is 2.01. The molecule has 1 fully saturated rings. The maximum absolute atomic E-state index is 12.6. The maximum Gasteiger partial charge on any atom is 0.321 e. The molecule has 1 aliphatic rings. The van der Waals surface area contributed by atoms with Crippen molar-refractivity contribution >= 4 is 11.7 Å². The van der Waals surface area contributed by atoms with Gasteiger partial charge in [0.25, 0.3) is 6.43 Å². The molecule has 1 saturated heterocycles. The van der Waals surface area contributed by atoms with E-state index in [0.717, 1.165) is 12.0 Å². The lowest BCUT2D eigenvalue weighted by atomic mass is 10.1. The van der Waals surface area contributed by atoms with Crippen LogP contribution in [0.1, 0.15) is 18.9 Å². The zero-order valence-corrected chi connectivity index (χ0v) is 14.4. The van der Waals surface area contributed by atoms with Crippen molar-refractivity contribution in [2.24, 2.45) is 0 Å². The highest BCUT2D eigenvalue weighted by atomic mass is 19.3. The number of benzene rings is 1. The van der Waals surface area contributed by atoms with Crippen LogP contribution in [0.2, 0.25) is 0 Å². The number of anilines is 1. The van der Waals surface area contributed by atoms with Gasteiger partial charge in [-0.15, -0.1) is 0 Å². The Morgan fingerprint density at radius 1 is 1.42 bits per heavy atom. The Labute approximate surface area is 141 Å². The summed E-state index contributed by atoms with van der Waals surface area (Å²) in [5.41, 5.74) is 1.63. The fourth-order valence-electron chi connectivity index (χ4n) is 2.94. The van der Waals surface area contributed by atoms with Crippen molar-refractivity contribution < 1.29 is 18.3 Å². The molecule has 7 heteroatoms. The minimum atomic E-state index is -2.35. The Hall–Kier alpha value is -1.89. The molecule has 24 heavy (non-hydrogen) atoms. The van der Waals surface area contributed by atoms with Crippen LogP contribution in [0.4, 0.5) is 19.3 Å². The lowest BCUT2D eigenvalue weighted by Gasteiger charge is -2.41. The first-order valence-electron chi connectivity index (χ1n) is 8.17. The Bertz CT molecular complexity index is 569. The quantitative estimate of drug-likeness (QED) is 0.894. The van der Waals surface area contributed by atoms with Gasteiger partial charge < -0.3 is 15.0 Å². The van der Waals surface area contributed by atoms with Crippen molar-refractivity contribution in [3.05, 3.63) is 23.8 Å². The molecule has 1 atom stereocenters. The van der Waals surface area contributed by atoms with E-state index in [4.69, 9.17) is 4.74 Å². The van der Waals surface area contributed by atoms with E-state index in [2.05, 4.69) is 5.32 Å². The molecule has 1 aromatic rings. The molecule has 0 unspecified atom stereocenters. The third-order valence-electron chi connectivity index (χ3n) is 4.42. The average molecular weight is 341 g/mol. The third-order valence-corrected chi connectivity index (χ3v) is 4.42. The summed E-state index contributed by atoms with van der Waals surface area (Å²) in [6.07, 6.45) is -1.62. The van der Waals surface area contributed by atoms with Gasteiger partial charge in [-0.3, -0.25) is 4.90 Å². The number of hydrogen-bond donors (Lipinski definition) is 1. The molecule has 0 aliphatic carbocycles. The van der Waals surface area contributed by atoms with E-state index in [1.165, 1.54) is 0 Å². The van der Waals surface area contributed by atoms with E-state index in [9.17, 15) is 13.6 Å². The van der Waals surface area contributed by atoms with E-state index >= 15 is 0 Å². The first-order chi connectivity index (χ1) is 11.4. The first kappa shape index (κ1) is 18.4. The molecular formula is C17H25F2N3O2. The maximum atomic E-state index is 12.6. The highest BCUT2D eigenvalue weighted by Gasteiger charge is 2.30. The molecule has 0 bridgehead atoms. The topological polar surface area (TPSA) is 44.8 Å². The predicted octanol–water partition coefficient (Wildman–Crippen LogP) is 3.20. The number of rotatable bonds is 5. The van der Waals surface area contributed by atoms with Crippen molar-refractivity contribution in [2.45, 2.75) is 32.7 Å². The summed E-state index contributed by atoms with van der Waals surface area (Å²) in [6, 6.07) is 5.24. The van der Waals surface area contributed by atoms with Crippen LogP contribution in [0, 0.1) is 6.92 Å². The van der Waals surface area contributed by atoms with Crippen LogP contribution in [0.5, 0.6) is 5.75 Å². The number of aryl methyl sites for hydroxylation is 1. The second kappa shape index (κ2) is 8.28. The second-order valence-corrected chi connectivity index (χ2v) is 6.01. The van der Waals surface area contributed by atoms with Gasteiger partial charge in [-0.25, -0.2) is 13.6 Å². The van der Waals surface area contributed by atoms with Gasteiger partial charge in [-0.1, -0.05) is 13.0 Å². The number of methoxy groups -OCH3 is 1. The zero-order chi connectivity index (χ0) is 17.7. The predicted molar refractivity (Wildman–Crippen MR) is 90.0 cm³/mol. The van der Waals surface area contributed by atoms with E-state index < -0.39 is 6.43 Å². The van der Waals surface area contributed by atoms with Crippen LogP contribution in [0.25, 0.3) is 0 Å². The summed E-state index contributed by atoms with van der Waals surface area (Å²) in [5.74, 6) is 0.670. The summed E-state index contributed by atoms with van der Waals surface area (Å²) in [4.78, 5) is 16.0. The van der Waals surface area contributed by atoms with Crippen LogP contribution >= 0.6 is 0 Å². The second-order valence-electron chi connectivity index (χ2n) is 6.01. The molecule has 0 aromatic heterocycles. The van der Waals surface area contributed by atoms with Gasteiger partial charge in [0.15, 0.2) is 0 Å². The molecule has 1 aliphatic heterocycles. The van der Waals surface area contributed by atoms with Crippen LogP contribution in [-0.2, 0) is 0 Å². The number of halogens is 2. The van der Waals surface area contributed by atoms with Crippen LogP contribution in [0.15, 0.2) is 18.2 Å². The number of ether oxygens (including phenoxy) is 1. The number of carbonyl (C=O) groups excluding carboxylic acids is 1. The highest BCUT2D eigenvalue weighted by Crippen LogP contribution is 2.23. The van der Waals surface area contributed by atoms with Crippen LogP contribution < -0.4 is 10.1 Å². The highest BCUT2D eigenvalue weighted by molar-refractivity contribution is 5.90. The summed E-state index contributed by atoms with van der Waals surface area (Å²) in [6.45, 7) is 4.99. The van der Waals surface area contributed by atoms with Gasteiger partial charge in [0.2, 0.25) is 0 Å². The molecule has 1 aromatic carbocycles. The SMILES string of the molecule is CC[C@H]1CN(C(=O)Nc2cc(OC)ccc2C)CCN1CC(F)F.